The predicted octanol–water partition coefficient (Wildman–Crippen LogP) is 1.93. The molecule has 1 rings (SSSR count). The van der Waals surface area contributed by atoms with Gasteiger partial charge in [-0.3, -0.25) is 0 Å². The molecule has 2 N–H and O–H groups in total. The van der Waals surface area contributed by atoms with Gasteiger partial charge >= 0.3 is 0 Å². The molecule has 4 nitrogen and oxygen atoms in total. The maximum absolute atomic E-state index is 10.1. The van der Waals surface area contributed by atoms with Crippen molar-refractivity contribution in [3.8, 4) is 11.5 Å². The van der Waals surface area contributed by atoms with E-state index in [1.165, 1.54) is 18.2 Å². The quantitative estimate of drug-likeness (QED) is 0.661. The Bertz CT molecular complexity index is 298. The van der Waals surface area contributed by atoms with Crippen LogP contribution in [-0.2, 0) is 0 Å². The first kappa shape index (κ1) is 8.52. The third kappa shape index (κ3) is 1.53. The van der Waals surface area contributed by atoms with Crippen LogP contribution >= 0.6 is 0 Å². The lowest BCUT2D eigenvalue weighted by atomic mass is 10.1. The van der Waals surface area contributed by atoms with E-state index in [4.69, 9.17) is 5.11 Å². The highest BCUT2D eigenvalue weighted by molar-refractivity contribution is 5.40. The van der Waals surface area contributed by atoms with E-state index in [0.29, 0.717) is 5.56 Å². The van der Waals surface area contributed by atoms with Crippen LogP contribution in [-0.4, -0.2) is 10.2 Å². The van der Waals surface area contributed by atoms with E-state index < -0.39 is 6.04 Å². The molecule has 0 fully saturated rings. The van der Waals surface area contributed by atoms with Gasteiger partial charge in [0.2, 0.25) is 0 Å². The van der Waals surface area contributed by atoms with E-state index in [-0.39, 0.29) is 11.5 Å². The van der Waals surface area contributed by atoms with Crippen LogP contribution in [0.3, 0.4) is 0 Å². The zero-order chi connectivity index (χ0) is 9.14. The Morgan fingerprint density at radius 2 is 2.08 bits per heavy atom. The van der Waals surface area contributed by atoms with Crippen molar-refractivity contribution in [1.29, 1.82) is 0 Å². The molecule has 0 radical (unpaired) electrons. The first-order valence-electron chi connectivity index (χ1n) is 3.49. The Hall–Kier alpha value is -1.58. The van der Waals surface area contributed by atoms with E-state index in [1.807, 2.05) is 0 Å². The summed E-state index contributed by atoms with van der Waals surface area (Å²) in [6.45, 7) is 1.57. The van der Waals surface area contributed by atoms with Crippen molar-refractivity contribution in [3.63, 3.8) is 0 Å². The van der Waals surface area contributed by atoms with Crippen molar-refractivity contribution in [3.05, 3.63) is 28.7 Å². The third-order valence-corrected chi connectivity index (χ3v) is 1.62. The molecule has 1 unspecified atom stereocenters. The smallest absolute Gasteiger partial charge is 0.124 e. The van der Waals surface area contributed by atoms with Crippen LogP contribution in [0.25, 0.3) is 0 Å². The number of aromatic hydroxyl groups is 2. The van der Waals surface area contributed by atoms with Crippen LogP contribution in [0.2, 0.25) is 0 Å². The third-order valence-electron chi connectivity index (χ3n) is 1.62. The van der Waals surface area contributed by atoms with Gasteiger partial charge in [-0.25, -0.2) is 0 Å². The number of phenolic OH excluding ortho intramolecular Hbond substituents is 2. The number of rotatable bonds is 2. The molecule has 64 valence electrons. The number of nitroso groups, excluding NO2 is 1. The molecule has 0 heterocycles. The summed E-state index contributed by atoms with van der Waals surface area (Å²) in [5, 5.41) is 20.9. The van der Waals surface area contributed by atoms with Crippen molar-refractivity contribution >= 4 is 0 Å². The predicted molar refractivity (Wildman–Crippen MR) is 44.0 cm³/mol. The van der Waals surface area contributed by atoms with Gasteiger partial charge in [0.15, 0.2) is 0 Å². The first-order chi connectivity index (χ1) is 5.65. The van der Waals surface area contributed by atoms with Crippen LogP contribution in [0, 0.1) is 4.91 Å². The summed E-state index contributed by atoms with van der Waals surface area (Å²) >= 11 is 0. The summed E-state index contributed by atoms with van der Waals surface area (Å²) in [6.07, 6.45) is 0. The van der Waals surface area contributed by atoms with Crippen LogP contribution in [0.15, 0.2) is 23.4 Å². The highest BCUT2D eigenvalue weighted by Gasteiger charge is 2.10. The number of phenols is 2. The van der Waals surface area contributed by atoms with Gasteiger partial charge in [-0.15, -0.1) is 0 Å². The van der Waals surface area contributed by atoms with E-state index in [1.54, 1.807) is 6.92 Å². The number of hydrogen-bond acceptors (Lipinski definition) is 4. The van der Waals surface area contributed by atoms with E-state index in [0.717, 1.165) is 0 Å². The molecule has 0 bridgehead atoms. The minimum absolute atomic E-state index is 0.0330. The van der Waals surface area contributed by atoms with Gasteiger partial charge < -0.3 is 10.2 Å². The molecule has 0 saturated heterocycles. The maximum atomic E-state index is 10.1. The fourth-order valence-electron chi connectivity index (χ4n) is 0.942. The van der Waals surface area contributed by atoms with Crippen molar-refractivity contribution < 1.29 is 10.2 Å². The summed E-state index contributed by atoms with van der Waals surface area (Å²) in [5.74, 6) is -0.142. The summed E-state index contributed by atoms with van der Waals surface area (Å²) in [5.41, 5.74) is 0.419. The second-order valence-corrected chi connectivity index (χ2v) is 2.52. The second-order valence-electron chi connectivity index (χ2n) is 2.52. The fourth-order valence-corrected chi connectivity index (χ4v) is 0.942. The van der Waals surface area contributed by atoms with E-state index in [9.17, 15) is 10.0 Å². The molecule has 0 aliphatic rings. The van der Waals surface area contributed by atoms with Crippen LogP contribution in [0.4, 0.5) is 0 Å². The Morgan fingerprint density at radius 3 is 2.58 bits per heavy atom. The molecule has 0 aliphatic carbocycles. The van der Waals surface area contributed by atoms with Crippen LogP contribution in [0.5, 0.6) is 11.5 Å². The molecular weight excluding hydrogens is 158 g/mol. The van der Waals surface area contributed by atoms with Crippen molar-refractivity contribution in [1.82, 2.24) is 0 Å². The van der Waals surface area contributed by atoms with Crippen molar-refractivity contribution in [2.24, 2.45) is 5.18 Å². The molecule has 0 saturated carbocycles. The minimum Gasteiger partial charge on any atom is -0.508 e. The molecule has 0 amide bonds. The Labute approximate surface area is 69.4 Å². The highest BCUT2D eigenvalue weighted by Crippen LogP contribution is 2.29. The molecule has 1 atom stereocenters. The normalized spacial score (nSPS) is 12.4. The topological polar surface area (TPSA) is 69.9 Å². The number of hydrogen-bond donors (Lipinski definition) is 2. The van der Waals surface area contributed by atoms with Gasteiger partial charge in [0.1, 0.15) is 17.5 Å². The lowest BCUT2D eigenvalue weighted by molar-refractivity contribution is 0.443. The Kier molecular flexibility index (Phi) is 2.28. The van der Waals surface area contributed by atoms with Gasteiger partial charge in [0.25, 0.3) is 0 Å². The van der Waals surface area contributed by atoms with Gasteiger partial charge in [-0.05, 0) is 19.1 Å². The average molecular weight is 167 g/mol. The molecular formula is C8H9NO3. The molecule has 0 aromatic heterocycles. The fraction of sp³-hybridized carbons (Fsp3) is 0.250. The molecule has 1 aromatic rings. The molecule has 0 spiro atoms. The van der Waals surface area contributed by atoms with Crippen molar-refractivity contribution in [2.75, 3.05) is 0 Å². The average Bonchev–Trinajstić information content (AvgIpc) is 2.03. The Balaban J connectivity index is 3.09. The van der Waals surface area contributed by atoms with Crippen molar-refractivity contribution in [2.45, 2.75) is 13.0 Å². The van der Waals surface area contributed by atoms with Gasteiger partial charge in [0, 0.05) is 11.6 Å². The molecule has 0 aliphatic heterocycles. The highest BCUT2D eigenvalue weighted by atomic mass is 16.3. The lowest BCUT2D eigenvalue weighted by Crippen LogP contribution is -1.88. The summed E-state index contributed by atoms with van der Waals surface area (Å²) in [4.78, 5) is 10.1. The number of nitrogens with zero attached hydrogens (tertiary/aromatic N) is 1. The summed E-state index contributed by atoms with van der Waals surface area (Å²) in [6, 6.07) is 3.45. The monoisotopic (exact) mass is 167 g/mol. The minimum atomic E-state index is -0.592. The maximum Gasteiger partial charge on any atom is 0.124 e. The first-order valence-corrected chi connectivity index (χ1v) is 3.49. The zero-order valence-corrected chi connectivity index (χ0v) is 6.56. The zero-order valence-electron chi connectivity index (χ0n) is 6.56. The van der Waals surface area contributed by atoms with Gasteiger partial charge in [-0.1, -0.05) is 5.18 Å². The molecule has 1 aromatic carbocycles. The van der Waals surface area contributed by atoms with E-state index in [2.05, 4.69) is 5.18 Å². The largest absolute Gasteiger partial charge is 0.508 e. The SMILES string of the molecule is CC(N=O)c1ccc(O)cc1O. The molecule has 4 heteroatoms. The lowest BCUT2D eigenvalue weighted by Gasteiger charge is -2.05. The number of benzene rings is 1. The summed E-state index contributed by atoms with van der Waals surface area (Å²) in [7, 11) is 0. The summed E-state index contributed by atoms with van der Waals surface area (Å²) < 4.78 is 0. The van der Waals surface area contributed by atoms with Crippen LogP contribution < -0.4 is 0 Å². The standard InChI is InChI=1S/C8H9NO3/c1-5(9-12)7-3-2-6(10)4-8(7)11/h2-5,10-11H,1H3. The van der Waals surface area contributed by atoms with E-state index >= 15 is 0 Å². The van der Waals surface area contributed by atoms with Gasteiger partial charge in [-0.2, -0.15) is 4.91 Å². The molecule has 12 heavy (non-hydrogen) atoms. The van der Waals surface area contributed by atoms with Gasteiger partial charge in [0.05, 0.1) is 0 Å². The van der Waals surface area contributed by atoms with Crippen LogP contribution in [0.1, 0.15) is 18.5 Å². The Morgan fingerprint density at radius 1 is 1.42 bits per heavy atom. The second kappa shape index (κ2) is 3.21.